The van der Waals surface area contributed by atoms with Crippen molar-refractivity contribution in [1.82, 2.24) is 5.32 Å². The second-order valence-corrected chi connectivity index (χ2v) is 4.15. The van der Waals surface area contributed by atoms with Crippen molar-refractivity contribution in [2.45, 2.75) is 40.0 Å². The lowest BCUT2D eigenvalue weighted by Gasteiger charge is -2.11. The summed E-state index contributed by atoms with van der Waals surface area (Å²) < 4.78 is 0. The van der Waals surface area contributed by atoms with Crippen molar-refractivity contribution in [3.8, 4) is 0 Å². The topological polar surface area (TPSA) is 32.3 Å². The van der Waals surface area contributed by atoms with E-state index in [2.05, 4.69) is 26.1 Å². The quantitative estimate of drug-likeness (QED) is 0.570. The molecule has 0 radical (unpaired) electrons. The third kappa shape index (κ3) is 8.26. The van der Waals surface area contributed by atoms with Crippen molar-refractivity contribution in [1.29, 1.82) is 0 Å². The molecule has 2 atom stereocenters. The van der Waals surface area contributed by atoms with E-state index in [9.17, 15) is 0 Å². The molecule has 0 saturated heterocycles. The first-order valence-corrected chi connectivity index (χ1v) is 5.52. The van der Waals surface area contributed by atoms with E-state index in [0.717, 1.165) is 25.4 Å². The Labute approximate surface area is 82.7 Å². The largest absolute Gasteiger partial charge is 0.396 e. The monoisotopic (exact) mass is 187 g/mol. The fourth-order valence-electron chi connectivity index (χ4n) is 1.16. The van der Waals surface area contributed by atoms with Gasteiger partial charge in [0, 0.05) is 6.61 Å². The first kappa shape index (κ1) is 12.9. The third-order valence-corrected chi connectivity index (χ3v) is 2.55. The van der Waals surface area contributed by atoms with Crippen molar-refractivity contribution >= 4 is 0 Å². The number of aliphatic hydroxyl groups excluding tert-OH is 1. The lowest BCUT2D eigenvalue weighted by Crippen LogP contribution is -2.22. The molecule has 0 fully saturated rings. The van der Waals surface area contributed by atoms with Crippen LogP contribution in [0.3, 0.4) is 0 Å². The van der Waals surface area contributed by atoms with Crippen LogP contribution in [-0.4, -0.2) is 24.8 Å². The van der Waals surface area contributed by atoms with Crippen LogP contribution in [0.4, 0.5) is 0 Å². The highest BCUT2D eigenvalue weighted by atomic mass is 16.3. The Morgan fingerprint density at radius 1 is 1.23 bits per heavy atom. The van der Waals surface area contributed by atoms with Crippen LogP contribution in [0.5, 0.6) is 0 Å². The summed E-state index contributed by atoms with van der Waals surface area (Å²) in [6, 6.07) is 0. The predicted molar refractivity (Wildman–Crippen MR) is 57.8 cm³/mol. The van der Waals surface area contributed by atoms with Crippen molar-refractivity contribution < 1.29 is 5.11 Å². The highest BCUT2D eigenvalue weighted by Crippen LogP contribution is 2.03. The van der Waals surface area contributed by atoms with E-state index >= 15 is 0 Å². The van der Waals surface area contributed by atoms with Gasteiger partial charge >= 0.3 is 0 Å². The van der Waals surface area contributed by atoms with Crippen LogP contribution in [0.25, 0.3) is 0 Å². The lowest BCUT2D eigenvalue weighted by molar-refractivity contribution is 0.228. The Morgan fingerprint density at radius 2 is 1.92 bits per heavy atom. The number of rotatable bonds is 8. The number of aliphatic hydroxyl groups is 1. The van der Waals surface area contributed by atoms with Crippen molar-refractivity contribution in [3.05, 3.63) is 0 Å². The number of nitrogens with one attached hydrogen (secondary N) is 1. The maximum absolute atomic E-state index is 8.80. The summed E-state index contributed by atoms with van der Waals surface area (Å²) >= 11 is 0. The molecular weight excluding hydrogens is 162 g/mol. The minimum Gasteiger partial charge on any atom is -0.396 e. The number of hydrogen-bond acceptors (Lipinski definition) is 2. The van der Waals surface area contributed by atoms with E-state index < -0.39 is 0 Å². The summed E-state index contributed by atoms with van der Waals surface area (Å²) in [5.41, 5.74) is 0. The Hall–Kier alpha value is -0.0800. The molecule has 2 unspecified atom stereocenters. The van der Waals surface area contributed by atoms with Gasteiger partial charge in [0.25, 0.3) is 0 Å². The fraction of sp³-hybridized carbons (Fsp3) is 1.00. The van der Waals surface area contributed by atoms with E-state index in [1.54, 1.807) is 0 Å². The summed E-state index contributed by atoms with van der Waals surface area (Å²) in [6.45, 7) is 9.13. The van der Waals surface area contributed by atoms with Gasteiger partial charge in [-0.15, -0.1) is 0 Å². The molecule has 13 heavy (non-hydrogen) atoms. The molecule has 0 spiro atoms. The van der Waals surface area contributed by atoms with Crippen LogP contribution in [0.2, 0.25) is 0 Å². The SMILES string of the molecule is CCC(C)CNCCCC(C)CO. The van der Waals surface area contributed by atoms with Gasteiger partial charge in [0.1, 0.15) is 0 Å². The Bertz CT molecular complexity index is 94.3. The average molecular weight is 187 g/mol. The summed E-state index contributed by atoms with van der Waals surface area (Å²) in [6.07, 6.45) is 3.56. The van der Waals surface area contributed by atoms with Crippen molar-refractivity contribution in [2.24, 2.45) is 11.8 Å². The molecule has 0 aliphatic heterocycles. The summed E-state index contributed by atoms with van der Waals surface area (Å²) in [5.74, 6) is 1.25. The van der Waals surface area contributed by atoms with E-state index in [1.165, 1.54) is 12.8 Å². The van der Waals surface area contributed by atoms with Gasteiger partial charge < -0.3 is 10.4 Å². The van der Waals surface area contributed by atoms with Crippen LogP contribution >= 0.6 is 0 Å². The van der Waals surface area contributed by atoms with Crippen LogP contribution < -0.4 is 5.32 Å². The molecule has 0 aromatic heterocycles. The van der Waals surface area contributed by atoms with E-state index in [1.807, 2.05) is 0 Å². The smallest absolute Gasteiger partial charge is 0.0456 e. The van der Waals surface area contributed by atoms with Gasteiger partial charge in [0.2, 0.25) is 0 Å². The van der Waals surface area contributed by atoms with Crippen LogP contribution in [0.1, 0.15) is 40.0 Å². The summed E-state index contributed by atoms with van der Waals surface area (Å²) in [4.78, 5) is 0. The number of hydrogen-bond donors (Lipinski definition) is 2. The molecule has 2 nitrogen and oxygen atoms in total. The molecular formula is C11H25NO. The molecule has 2 N–H and O–H groups in total. The molecule has 2 heteroatoms. The highest BCUT2D eigenvalue weighted by Gasteiger charge is 2.00. The van der Waals surface area contributed by atoms with Gasteiger partial charge in [-0.05, 0) is 37.8 Å². The Kier molecular flexibility index (Phi) is 8.46. The predicted octanol–water partition coefficient (Wildman–Crippen LogP) is 2.03. The maximum atomic E-state index is 8.80. The second-order valence-electron chi connectivity index (χ2n) is 4.15. The van der Waals surface area contributed by atoms with E-state index in [0.29, 0.717) is 12.5 Å². The van der Waals surface area contributed by atoms with Gasteiger partial charge in [-0.1, -0.05) is 27.2 Å². The Balaban J connectivity index is 3.08. The molecule has 0 rings (SSSR count). The van der Waals surface area contributed by atoms with Crippen LogP contribution in [0, 0.1) is 11.8 Å². The van der Waals surface area contributed by atoms with Gasteiger partial charge in [0.15, 0.2) is 0 Å². The molecule has 0 saturated carbocycles. The standard InChI is InChI=1S/C11H25NO/c1-4-10(2)8-12-7-5-6-11(3)9-13/h10-13H,4-9H2,1-3H3. The van der Waals surface area contributed by atoms with Crippen molar-refractivity contribution in [2.75, 3.05) is 19.7 Å². The van der Waals surface area contributed by atoms with E-state index in [-0.39, 0.29) is 0 Å². The molecule has 0 aromatic rings. The molecule has 0 aromatic carbocycles. The zero-order chi connectivity index (χ0) is 10.1. The maximum Gasteiger partial charge on any atom is 0.0456 e. The van der Waals surface area contributed by atoms with Gasteiger partial charge in [-0.3, -0.25) is 0 Å². The van der Waals surface area contributed by atoms with Crippen molar-refractivity contribution in [3.63, 3.8) is 0 Å². The zero-order valence-electron chi connectivity index (χ0n) is 9.34. The second kappa shape index (κ2) is 8.52. The molecule has 0 bridgehead atoms. The minimum absolute atomic E-state index is 0.325. The van der Waals surface area contributed by atoms with E-state index in [4.69, 9.17) is 5.11 Å². The van der Waals surface area contributed by atoms with Gasteiger partial charge in [-0.25, -0.2) is 0 Å². The third-order valence-electron chi connectivity index (χ3n) is 2.55. The molecule has 0 amide bonds. The minimum atomic E-state index is 0.325. The fourth-order valence-corrected chi connectivity index (χ4v) is 1.16. The van der Waals surface area contributed by atoms with Gasteiger partial charge in [0.05, 0.1) is 0 Å². The Morgan fingerprint density at radius 3 is 2.46 bits per heavy atom. The molecule has 80 valence electrons. The van der Waals surface area contributed by atoms with Gasteiger partial charge in [-0.2, -0.15) is 0 Å². The molecule has 0 aliphatic carbocycles. The lowest BCUT2D eigenvalue weighted by atomic mass is 10.1. The highest BCUT2D eigenvalue weighted by molar-refractivity contribution is 4.56. The zero-order valence-corrected chi connectivity index (χ0v) is 9.34. The summed E-state index contributed by atoms with van der Waals surface area (Å²) in [7, 11) is 0. The normalized spacial score (nSPS) is 15.7. The first-order valence-electron chi connectivity index (χ1n) is 5.52. The summed E-state index contributed by atoms with van der Waals surface area (Å²) in [5, 5.41) is 12.2. The molecule has 0 heterocycles. The molecule has 0 aliphatic rings. The van der Waals surface area contributed by atoms with Crippen LogP contribution in [-0.2, 0) is 0 Å². The average Bonchev–Trinajstić information content (AvgIpc) is 2.16. The first-order chi connectivity index (χ1) is 6.20. The van der Waals surface area contributed by atoms with Crippen LogP contribution in [0.15, 0.2) is 0 Å².